The van der Waals surface area contributed by atoms with Gasteiger partial charge in [0.25, 0.3) is 0 Å². The van der Waals surface area contributed by atoms with Crippen molar-refractivity contribution in [2.45, 2.75) is 38.6 Å². The number of hydrogen-bond acceptors (Lipinski definition) is 3. The number of aromatic amines is 1. The second-order valence-electron chi connectivity index (χ2n) is 4.33. The summed E-state index contributed by atoms with van der Waals surface area (Å²) in [5.41, 5.74) is 6.78. The minimum absolute atomic E-state index is 0.589. The average molecular weight is 208 g/mol. The summed E-state index contributed by atoms with van der Waals surface area (Å²) >= 11 is 0. The number of piperidine rings is 1. The fourth-order valence-corrected chi connectivity index (χ4v) is 2.35. The molecule has 1 aliphatic heterocycles. The summed E-state index contributed by atoms with van der Waals surface area (Å²) in [5, 5.41) is 7.34. The Morgan fingerprint density at radius 3 is 3.13 bits per heavy atom. The van der Waals surface area contributed by atoms with Crippen LogP contribution in [0.15, 0.2) is 6.07 Å². The third-order valence-corrected chi connectivity index (χ3v) is 3.11. The first-order valence-electron chi connectivity index (χ1n) is 5.80. The molecule has 0 aliphatic carbocycles. The van der Waals surface area contributed by atoms with E-state index in [4.69, 9.17) is 5.73 Å². The molecule has 2 rings (SSSR count). The van der Waals surface area contributed by atoms with E-state index in [1.165, 1.54) is 19.3 Å². The van der Waals surface area contributed by atoms with E-state index >= 15 is 0 Å². The molecule has 1 aromatic rings. The van der Waals surface area contributed by atoms with Crippen LogP contribution >= 0.6 is 0 Å². The molecule has 1 saturated heterocycles. The van der Waals surface area contributed by atoms with Crippen LogP contribution in [0, 0.1) is 6.92 Å². The molecule has 0 aromatic carbocycles. The topological polar surface area (TPSA) is 57.9 Å². The molecule has 84 valence electrons. The lowest BCUT2D eigenvalue weighted by Crippen LogP contribution is -2.41. The second-order valence-corrected chi connectivity index (χ2v) is 4.33. The van der Waals surface area contributed by atoms with Crippen molar-refractivity contribution in [2.24, 2.45) is 5.73 Å². The van der Waals surface area contributed by atoms with Crippen molar-refractivity contribution in [1.29, 1.82) is 0 Å². The molecule has 4 nitrogen and oxygen atoms in total. The van der Waals surface area contributed by atoms with Crippen LogP contribution in [0.2, 0.25) is 0 Å². The predicted molar refractivity (Wildman–Crippen MR) is 62.0 cm³/mol. The van der Waals surface area contributed by atoms with E-state index < -0.39 is 0 Å². The van der Waals surface area contributed by atoms with Gasteiger partial charge in [-0.05, 0) is 39.2 Å². The Bertz CT molecular complexity index is 305. The average Bonchev–Trinajstić information content (AvgIpc) is 2.66. The van der Waals surface area contributed by atoms with Gasteiger partial charge in [0.2, 0.25) is 0 Å². The zero-order valence-corrected chi connectivity index (χ0v) is 9.37. The summed E-state index contributed by atoms with van der Waals surface area (Å²) in [6, 6.07) is 2.71. The smallest absolute Gasteiger partial charge is 0.150 e. The molecule has 0 spiro atoms. The molecule has 1 aliphatic rings. The van der Waals surface area contributed by atoms with Crippen LogP contribution in [0.4, 0.5) is 5.82 Å². The fourth-order valence-electron chi connectivity index (χ4n) is 2.35. The van der Waals surface area contributed by atoms with Gasteiger partial charge < -0.3 is 10.6 Å². The molecule has 2 heterocycles. The zero-order valence-electron chi connectivity index (χ0n) is 9.37. The van der Waals surface area contributed by atoms with E-state index in [1.807, 2.05) is 6.92 Å². The largest absolute Gasteiger partial charge is 0.352 e. The summed E-state index contributed by atoms with van der Waals surface area (Å²) in [4.78, 5) is 2.40. The third kappa shape index (κ3) is 2.31. The number of anilines is 1. The van der Waals surface area contributed by atoms with Crippen molar-refractivity contribution in [1.82, 2.24) is 10.2 Å². The number of nitrogens with one attached hydrogen (secondary N) is 1. The highest BCUT2D eigenvalue weighted by Crippen LogP contribution is 2.24. The molecule has 0 saturated carbocycles. The summed E-state index contributed by atoms with van der Waals surface area (Å²) in [7, 11) is 0. The maximum atomic E-state index is 5.65. The standard InChI is InChI=1S/C11H20N4/c1-9-8-11(14-13-9)15-7-3-2-4-10(15)5-6-12/h8,10H,2-7,12H2,1H3,(H,13,14). The van der Waals surface area contributed by atoms with Gasteiger partial charge in [0.15, 0.2) is 5.82 Å². The Labute approximate surface area is 90.8 Å². The van der Waals surface area contributed by atoms with Gasteiger partial charge in [-0.1, -0.05) is 0 Å². The number of aromatic nitrogens is 2. The number of nitrogens with zero attached hydrogens (tertiary/aromatic N) is 2. The first-order valence-corrected chi connectivity index (χ1v) is 5.80. The Kier molecular flexibility index (Phi) is 3.26. The SMILES string of the molecule is Cc1cc(N2CCCCC2CCN)n[nH]1. The summed E-state index contributed by atoms with van der Waals surface area (Å²) in [6.07, 6.45) is 4.92. The Morgan fingerprint density at radius 2 is 2.47 bits per heavy atom. The second kappa shape index (κ2) is 4.66. The van der Waals surface area contributed by atoms with Gasteiger partial charge in [-0.3, -0.25) is 5.10 Å². The van der Waals surface area contributed by atoms with Crippen LogP contribution in [-0.4, -0.2) is 29.3 Å². The van der Waals surface area contributed by atoms with Gasteiger partial charge in [-0.2, -0.15) is 5.10 Å². The van der Waals surface area contributed by atoms with E-state index in [0.29, 0.717) is 6.04 Å². The van der Waals surface area contributed by atoms with Gasteiger partial charge in [-0.15, -0.1) is 0 Å². The van der Waals surface area contributed by atoms with Crippen LogP contribution in [0.1, 0.15) is 31.4 Å². The minimum atomic E-state index is 0.589. The molecule has 1 atom stereocenters. The van der Waals surface area contributed by atoms with Gasteiger partial charge in [-0.25, -0.2) is 0 Å². The lowest BCUT2D eigenvalue weighted by atomic mass is 9.99. The van der Waals surface area contributed by atoms with Gasteiger partial charge in [0.1, 0.15) is 0 Å². The van der Waals surface area contributed by atoms with Crippen LogP contribution in [0.5, 0.6) is 0 Å². The number of H-pyrrole nitrogens is 1. The molecular formula is C11H20N4. The van der Waals surface area contributed by atoms with Crippen LogP contribution in [0.25, 0.3) is 0 Å². The Hall–Kier alpha value is -1.03. The van der Waals surface area contributed by atoms with Crippen molar-refractivity contribution in [3.05, 3.63) is 11.8 Å². The molecule has 0 bridgehead atoms. The van der Waals surface area contributed by atoms with Crippen molar-refractivity contribution in [2.75, 3.05) is 18.0 Å². The lowest BCUT2D eigenvalue weighted by molar-refractivity contribution is 0.438. The molecule has 1 fully saturated rings. The number of rotatable bonds is 3. The highest BCUT2D eigenvalue weighted by molar-refractivity contribution is 5.40. The molecule has 1 unspecified atom stereocenters. The number of nitrogens with two attached hydrogens (primary N) is 1. The first-order chi connectivity index (χ1) is 7.31. The van der Waals surface area contributed by atoms with Crippen molar-refractivity contribution in [3.63, 3.8) is 0 Å². The van der Waals surface area contributed by atoms with Crippen LogP contribution in [-0.2, 0) is 0 Å². The van der Waals surface area contributed by atoms with Crippen molar-refractivity contribution in [3.8, 4) is 0 Å². The summed E-state index contributed by atoms with van der Waals surface area (Å²) < 4.78 is 0. The predicted octanol–water partition coefficient (Wildman–Crippen LogP) is 1.43. The van der Waals surface area contributed by atoms with E-state index in [0.717, 1.165) is 31.0 Å². The molecule has 1 aromatic heterocycles. The van der Waals surface area contributed by atoms with E-state index in [1.54, 1.807) is 0 Å². The maximum absolute atomic E-state index is 5.65. The monoisotopic (exact) mass is 208 g/mol. The Morgan fingerprint density at radius 1 is 1.60 bits per heavy atom. The summed E-state index contributed by atoms with van der Waals surface area (Å²) in [6.45, 7) is 3.93. The number of hydrogen-bond donors (Lipinski definition) is 2. The normalized spacial score (nSPS) is 22.0. The Balaban J connectivity index is 2.10. The van der Waals surface area contributed by atoms with Crippen molar-refractivity contribution < 1.29 is 0 Å². The maximum Gasteiger partial charge on any atom is 0.150 e. The van der Waals surface area contributed by atoms with Gasteiger partial charge in [0, 0.05) is 24.3 Å². The van der Waals surface area contributed by atoms with E-state index in [9.17, 15) is 0 Å². The molecule has 4 heteroatoms. The van der Waals surface area contributed by atoms with Gasteiger partial charge in [0.05, 0.1) is 0 Å². The third-order valence-electron chi connectivity index (χ3n) is 3.11. The summed E-state index contributed by atoms with van der Waals surface area (Å²) in [5.74, 6) is 1.09. The molecule has 3 N–H and O–H groups in total. The molecule has 15 heavy (non-hydrogen) atoms. The fraction of sp³-hybridized carbons (Fsp3) is 0.727. The van der Waals surface area contributed by atoms with E-state index in [2.05, 4.69) is 21.2 Å². The quantitative estimate of drug-likeness (QED) is 0.790. The lowest BCUT2D eigenvalue weighted by Gasteiger charge is -2.35. The minimum Gasteiger partial charge on any atom is -0.352 e. The van der Waals surface area contributed by atoms with E-state index in [-0.39, 0.29) is 0 Å². The van der Waals surface area contributed by atoms with Crippen molar-refractivity contribution >= 4 is 5.82 Å². The number of aryl methyl sites for hydroxylation is 1. The molecule has 0 amide bonds. The van der Waals surface area contributed by atoms with Crippen LogP contribution in [0.3, 0.4) is 0 Å². The van der Waals surface area contributed by atoms with Crippen LogP contribution < -0.4 is 10.6 Å². The first kappa shape index (κ1) is 10.5. The molecule has 0 radical (unpaired) electrons. The molecular weight excluding hydrogens is 188 g/mol. The highest BCUT2D eigenvalue weighted by atomic mass is 15.3. The van der Waals surface area contributed by atoms with Gasteiger partial charge >= 0.3 is 0 Å². The zero-order chi connectivity index (χ0) is 10.7. The highest BCUT2D eigenvalue weighted by Gasteiger charge is 2.23.